The smallest absolute Gasteiger partial charge is 0.387 e. The molecule has 114 valence electrons. The first-order chi connectivity index (χ1) is 10.0. The quantitative estimate of drug-likeness (QED) is 0.824. The number of halogens is 3. The van der Waals surface area contributed by atoms with Gasteiger partial charge in [0.15, 0.2) is 11.5 Å². The number of hydrogen-bond acceptors (Lipinski definition) is 5. The highest BCUT2D eigenvalue weighted by Gasteiger charge is 2.19. The molecule has 1 atom stereocenters. The number of nitrogens with zero attached hydrogens (tertiary/aromatic N) is 1. The van der Waals surface area contributed by atoms with Crippen molar-refractivity contribution < 1.29 is 23.4 Å². The third-order valence-corrected chi connectivity index (χ3v) is 4.37. The average molecular weight is 380 g/mol. The summed E-state index contributed by atoms with van der Waals surface area (Å²) in [4.78, 5) is 4.62. The van der Waals surface area contributed by atoms with E-state index in [4.69, 9.17) is 4.74 Å². The molecule has 0 aliphatic heterocycles. The normalized spacial score (nSPS) is 12.5. The zero-order valence-corrected chi connectivity index (χ0v) is 13.3. The van der Waals surface area contributed by atoms with Crippen LogP contribution in [0.3, 0.4) is 0 Å². The van der Waals surface area contributed by atoms with Gasteiger partial charge in [-0.2, -0.15) is 8.78 Å². The summed E-state index contributed by atoms with van der Waals surface area (Å²) in [5.74, 6) is 0.0983. The van der Waals surface area contributed by atoms with E-state index in [1.165, 1.54) is 29.5 Å². The van der Waals surface area contributed by atoms with Crippen molar-refractivity contribution in [2.75, 3.05) is 6.61 Å². The number of alkyl halides is 2. The van der Waals surface area contributed by atoms with E-state index in [0.717, 1.165) is 0 Å². The Morgan fingerprint density at radius 1 is 1.38 bits per heavy atom. The molecule has 0 amide bonds. The molecule has 8 heteroatoms. The van der Waals surface area contributed by atoms with Gasteiger partial charge in [0.25, 0.3) is 0 Å². The molecule has 0 saturated carbocycles. The van der Waals surface area contributed by atoms with Crippen LogP contribution < -0.4 is 9.47 Å². The molecule has 1 aromatic carbocycles. The highest BCUT2D eigenvalue weighted by molar-refractivity contribution is 9.10. The number of aliphatic hydroxyl groups excluding tert-OH is 1. The highest BCUT2D eigenvalue weighted by atomic mass is 79.9. The van der Waals surface area contributed by atoms with Crippen molar-refractivity contribution in [2.24, 2.45) is 0 Å². The molecule has 1 N–H and O–H groups in total. The van der Waals surface area contributed by atoms with Crippen molar-refractivity contribution in [2.45, 2.75) is 19.6 Å². The summed E-state index contributed by atoms with van der Waals surface area (Å²) < 4.78 is 34.9. The first-order valence-corrected chi connectivity index (χ1v) is 7.68. The molecule has 1 unspecified atom stereocenters. The van der Waals surface area contributed by atoms with Gasteiger partial charge >= 0.3 is 6.61 Å². The molecule has 0 aliphatic carbocycles. The van der Waals surface area contributed by atoms with Crippen LogP contribution in [0.15, 0.2) is 28.3 Å². The van der Waals surface area contributed by atoms with Gasteiger partial charge in [0, 0.05) is 0 Å². The second-order valence-electron chi connectivity index (χ2n) is 3.93. The third kappa shape index (κ3) is 3.90. The van der Waals surface area contributed by atoms with Crippen molar-refractivity contribution in [3.63, 3.8) is 0 Å². The topological polar surface area (TPSA) is 51.6 Å². The number of rotatable bonds is 6. The molecule has 0 spiro atoms. The first-order valence-electron chi connectivity index (χ1n) is 6.01. The van der Waals surface area contributed by atoms with E-state index in [2.05, 4.69) is 25.7 Å². The van der Waals surface area contributed by atoms with Gasteiger partial charge in [0.1, 0.15) is 10.7 Å². The monoisotopic (exact) mass is 379 g/mol. The Morgan fingerprint density at radius 2 is 2.14 bits per heavy atom. The van der Waals surface area contributed by atoms with E-state index in [1.54, 1.807) is 12.4 Å². The van der Waals surface area contributed by atoms with Gasteiger partial charge in [-0.15, -0.1) is 11.3 Å². The van der Waals surface area contributed by atoms with E-state index in [9.17, 15) is 13.9 Å². The summed E-state index contributed by atoms with van der Waals surface area (Å²) in [7, 11) is 0. The maximum Gasteiger partial charge on any atom is 0.387 e. The van der Waals surface area contributed by atoms with Gasteiger partial charge in [0.05, 0.1) is 17.0 Å². The second-order valence-corrected chi connectivity index (χ2v) is 5.57. The minimum absolute atomic E-state index is 0.0637. The summed E-state index contributed by atoms with van der Waals surface area (Å²) >= 11 is 4.53. The Morgan fingerprint density at radius 3 is 2.71 bits per heavy atom. The number of aromatic nitrogens is 1. The molecule has 1 aromatic heterocycles. The first kappa shape index (κ1) is 16.1. The summed E-state index contributed by atoms with van der Waals surface area (Å²) in [6.45, 7) is -0.908. The molecule has 2 aromatic rings. The fraction of sp³-hybridized carbons (Fsp3) is 0.308. The van der Waals surface area contributed by atoms with Crippen LogP contribution in [0.25, 0.3) is 0 Å². The van der Waals surface area contributed by atoms with Crippen molar-refractivity contribution in [3.8, 4) is 11.5 Å². The minimum Gasteiger partial charge on any atom is -0.490 e. The Hall–Kier alpha value is -1.25. The van der Waals surface area contributed by atoms with Gasteiger partial charge < -0.3 is 14.6 Å². The highest BCUT2D eigenvalue weighted by Crippen LogP contribution is 2.36. The molecule has 0 radical (unpaired) electrons. The molecule has 2 rings (SSSR count). The summed E-state index contributed by atoms with van der Waals surface area (Å²) in [6, 6.07) is 4.35. The van der Waals surface area contributed by atoms with Gasteiger partial charge in [-0.25, -0.2) is 4.98 Å². The average Bonchev–Trinajstić information content (AvgIpc) is 2.86. The lowest BCUT2D eigenvalue weighted by Gasteiger charge is -2.15. The van der Waals surface area contributed by atoms with Crippen LogP contribution in [-0.2, 0) is 0 Å². The van der Waals surface area contributed by atoms with E-state index in [1.807, 2.05) is 0 Å². The molecule has 0 bridgehead atoms. The zero-order valence-electron chi connectivity index (χ0n) is 10.9. The predicted molar refractivity (Wildman–Crippen MR) is 78.1 cm³/mol. The van der Waals surface area contributed by atoms with Crippen LogP contribution >= 0.6 is 27.3 Å². The van der Waals surface area contributed by atoms with Crippen molar-refractivity contribution in [3.05, 3.63) is 38.8 Å². The van der Waals surface area contributed by atoms with E-state index in [0.29, 0.717) is 21.7 Å². The van der Waals surface area contributed by atoms with E-state index >= 15 is 0 Å². The van der Waals surface area contributed by atoms with Gasteiger partial charge in [0.2, 0.25) is 0 Å². The maximum atomic E-state index is 12.3. The lowest BCUT2D eigenvalue weighted by atomic mass is 10.1. The Balaban J connectivity index is 2.33. The van der Waals surface area contributed by atoms with E-state index < -0.39 is 12.7 Å². The molecule has 0 aliphatic rings. The summed E-state index contributed by atoms with van der Waals surface area (Å²) in [6.07, 6.45) is -0.924. The predicted octanol–water partition coefficient (Wildman–Crippen LogP) is 3.99. The van der Waals surface area contributed by atoms with Crippen molar-refractivity contribution in [1.82, 2.24) is 4.98 Å². The minimum atomic E-state index is -2.93. The van der Waals surface area contributed by atoms with Crippen LogP contribution in [-0.4, -0.2) is 23.3 Å². The molecular formula is C13H12BrF2NO3S. The largest absolute Gasteiger partial charge is 0.490 e. The Bertz CT molecular complexity index is 609. The summed E-state index contributed by atoms with van der Waals surface area (Å²) in [5, 5.41) is 10.3. The van der Waals surface area contributed by atoms with E-state index in [-0.39, 0.29) is 11.5 Å². The molecule has 0 fully saturated rings. The molecule has 1 heterocycles. The zero-order chi connectivity index (χ0) is 15.4. The van der Waals surface area contributed by atoms with Crippen LogP contribution in [0.4, 0.5) is 8.78 Å². The standard InChI is InChI=1S/C13H12BrF2NO3S/c1-2-19-9-5-7(3-4-8(9)20-13(15)16)10(18)11-12(14)17-6-21-11/h3-6,10,13,18H,2H2,1H3. The van der Waals surface area contributed by atoms with Crippen LogP contribution in [0, 0.1) is 0 Å². The van der Waals surface area contributed by atoms with Gasteiger partial charge in [-0.05, 0) is 40.5 Å². The lowest BCUT2D eigenvalue weighted by molar-refractivity contribution is -0.0514. The molecule has 0 saturated heterocycles. The maximum absolute atomic E-state index is 12.3. The SMILES string of the molecule is CCOc1cc(C(O)c2scnc2Br)ccc1OC(F)F. The fourth-order valence-corrected chi connectivity index (χ4v) is 3.15. The molecule has 21 heavy (non-hydrogen) atoms. The number of aliphatic hydroxyl groups is 1. The third-order valence-electron chi connectivity index (χ3n) is 2.60. The fourth-order valence-electron chi connectivity index (χ4n) is 1.73. The van der Waals surface area contributed by atoms with Crippen LogP contribution in [0.2, 0.25) is 0 Å². The van der Waals surface area contributed by atoms with Crippen LogP contribution in [0.5, 0.6) is 11.5 Å². The Kier molecular flexibility index (Phi) is 5.49. The van der Waals surface area contributed by atoms with Crippen LogP contribution in [0.1, 0.15) is 23.5 Å². The lowest BCUT2D eigenvalue weighted by Crippen LogP contribution is -2.06. The van der Waals surface area contributed by atoms with Crippen molar-refractivity contribution >= 4 is 27.3 Å². The molecule has 4 nitrogen and oxygen atoms in total. The summed E-state index contributed by atoms with van der Waals surface area (Å²) in [5.41, 5.74) is 2.10. The van der Waals surface area contributed by atoms with Gasteiger partial charge in [-0.1, -0.05) is 6.07 Å². The Labute approximate surface area is 132 Å². The number of benzene rings is 1. The number of thiazole rings is 1. The number of hydrogen-bond donors (Lipinski definition) is 1. The second kappa shape index (κ2) is 7.15. The number of ether oxygens (including phenoxy) is 2. The van der Waals surface area contributed by atoms with Gasteiger partial charge in [-0.3, -0.25) is 0 Å². The van der Waals surface area contributed by atoms with Crippen molar-refractivity contribution in [1.29, 1.82) is 0 Å². The molecular weight excluding hydrogens is 368 g/mol.